The molecule has 0 aliphatic heterocycles. The molecule has 4 rings (SSSR count). The second-order valence-electron chi connectivity index (χ2n) is 6.69. The highest BCUT2D eigenvalue weighted by Crippen LogP contribution is 2.40. The first-order valence-electron chi connectivity index (χ1n) is 10.3. The maximum atomic E-state index is 10.9. The van der Waals surface area contributed by atoms with E-state index in [1.54, 1.807) is 6.33 Å². The van der Waals surface area contributed by atoms with E-state index in [0.717, 1.165) is 22.8 Å². The normalized spacial score (nSPS) is 11.0. The van der Waals surface area contributed by atoms with E-state index in [1.807, 2.05) is 74.6 Å². The number of hydrogen-bond acceptors (Lipinski definition) is 2. The molecule has 1 N–H and O–H groups in total. The molecule has 0 bridgehead atoms. The highest BCUT2D eigenvalue weighted by atomic mass is 16.4. The third-order valence-electron chi connectivity index (χ3n) is 4.96. The molecule has 1 heterocycles. The zero-order valence-electron chi connectivity index (χ0n) is 17.7. The van der Waals surface area contributed by atoms with Gasteiger partial charge in [-0.05, 0) is 22.8 Å². The molecule has 1 aromatic heterocycles. The molecule has 0 amide bonds. The van der Waals surface area contributed by atoms with Gasteiger partial charge in [0, 0.05) is 12.3 Å². The summed E-state index contributed by atoms with van der Waals surface area (Å²) in [7, 11) is 0. The first-order chi connectivity index (χ1) is 15.2. The molecule has 0 aliphatic rings. The van der Waals surface area contributed by atoms with Crippen LogP contribution in [0.2, 0.25) is 0 Å². The summed E-state index contributed by atoms with van der Waals surface area (Å²) in [5.74, 6) is -1.00. The van der Waals surface area contributed by atoms with E-state index in [-0.39, 0.29) is 0 Å². The fourth-order valence-corrected chi connectivity index (χ4v) is 3.75. The number of carboxylic acid groups (broad SMARTS) is 1. The van der Waals surface area contributed by atoms with Gasteiger partial charge in [-0.1, -0.05) is 105 Å². The number of rotatable bonds is 6. The maximum absolute atomic E-state index is 10.9. The number of carboxylic acids is 1. The van der Waals surface area contributed by atoms with Crippen molar-refractivity contribution in [2.75, 3.05) is 0 Å². The average molecular weight is 411 g/mol. The standard InChI is InChI=1S/C25H20N2O2.C2H6/c28-24(29)17-16-23-18-27(19-26-23)25(20-10-4-1-5-11-20,21-12-6-2-7-13-21)22-14-8-3-9-15-22;1-2/h1-19H,(H,28,29);1-2H3/b17-16+;. The van der Waals surface area contributed by atoms with Gasteiger partial charge in [-0.15, -0.1) is 0 Å². The summed E-state index contributed by atoms with van der Waals surface area (Å²) in [6.45, 7) is 4.00. The predicted molar refractivity (Wildman–Crippen MR) is 125 cm³/mol. The van der Waals surface area contributed by atoms with Gasteiger partial charge in [0.05, 0.1) is 12.0 Å². The Morgan fingerprint density at radius 3 is 1.61 bits per heavy atom. The lowest BCUT2D eigenvalue weighted by atomic mass is 9.77. The van der Waals surface area contributed by atoms with Crippen molar-refractivity contribution in [2.45, 2.75) is 19.4 Å². The molecular weight excluding hydrogens is 384 g/mol. The van der Waals surface area contributed by atoms with Crippen molar-refractivity contribution in [3.63, 3.8) is 0 Å². The zero-order valence-corrected chi connectivity index (χ0v) is 17.7. The molecule has 4 nitrogen and oxygen atoms in total. The van der Waals surface area contributed by atoms with Gasteiger partial charge in [-0.25, -0.2) is 9.78 Å². The van der Waals surface area contributed by atoms with Crippen LogP contribution in [0.4, 0.5) is 0 Å². The Bertz CT molecular complexity index is 1020. The molecule has 0 radical (unpaired) electrons. The first-order valence-corrected chi connectivity index (χ1v) is 10.3. The number of aliphatic carboxylic acids is 1. The molecule has 0 unspecified atom stereocenters. The molecule has 156 valence electrons. The van der Waals surface area contributed by atoms with E-state index in [0.29, 0.717) is 5.69 Å². The van der Waals surface area contributed by atoms with Gasteiger partial charge in [-0.3, -0.25) is 0 Å². The lowest BCUT2D eigenvalue weighted by Crippen LogP contribution is -2.36. The highest BCUT2D eigenvalue weighted by molar-refractivity contribution is 5.84. The Kier molecular flexibility index (Phi) is 7.17. The Morgan fingerprint density at radius 1 is 0.806 bits per heavy atom. The van der Waals surface area contributed by atoms with Gasteiger partial charge >= 0.3 is 5.97 Å². The summed E-state index contributed by atoms with van der Waals surface area (Å²) in [5.41, 5.74) is 3.20. The average Bonchev–Trinajstić information content (AvgIpc) is 3.31. The lowest BCUT2D eigenvalue weighted by Gasteiger charge is -2.37. The van der Waals surface area contributed by atoms with Crippen molar-refractivity contribution in [3.8, 4) is 0 Å². The topological polar surface area (TPSA) is 55.1 Å². The molecule has 4 heteroatoms. The Balaban J connectivity index is 0.00000132. The van der Waals surface area contributed by atoms with Gasteiger partial charge in [0.2, 0.25) is 0 Å². The Labute approximate surface area is 183 Å². The van der Waals surface area contributed by atoms with E-state index >= 15 is 0 Å². The van der Waals surface area contributed by atoms with Crippen LogP contribution in [-0.4, -0.2) is 20.6 Å². The first kappa shape index (κ1) is 21.8. The lowest BCUT2D eigenvalue weighted by molar-refractivity contribution is -0.131. The minimum Gasteiger partial charge on any atom is -0.478 e. The Hall–Kier alpha value is -3.92. The van der Waals surface area contributed by atoms with Crippen LogP contribution < -0.4 is 0 Å². The highest BCUT2D eigenvalue weighted by Gasteiger charge is 2.38. The van der Waals surface area contributed by atoms with Crippen LogP contribution in [0.25, 0.3) is 6.08 Å². The van der Waals surface area contributed by atoms with Crippen molar-refractivity contribution in [2.24, 2.45) is 0 Å². The Morgan fingerprint density at radius 2 is 1.23 bits per heavy atom. The molecule has 0 spiro atoms. The van der Waals surface area contributed by atoms with Crippen LogP contribution in [0, 0.1) is 0 Å². The van der Waals surface area contributed by atoms with Crippen LogP contribution in [0.1, 0.15) is 36.2 Å². The number of hydrogen-bond donors (Lipinski definition) is 1. The summed E-state index contributed by atoms with van der Waals surface area (Å²) in [5, 5.41) is 8.95. The van der Waals surface area contributed by atoms with E-state index < -0.39 is 11.5 Å². The van der Waals surface area contributed by atoms with Crippen molar-refractivity contribution in [1.29, 1.82) is 0 Å². The largest absolute Gasteiger partial charge is 0.478 e. The van der Waals surface area contributed by atoms with Gasteiger partial charge in [0.25, 0.3) is 0 Å². The summed E-state index contributed by atoms with van der Waals surface area (Å²) < 4.78 is 2.05. The fraction of sp³-hybridized carbons (Fsp3) is 0.111. The minimum absolute atomic E-state index is 0.583. The summed E-state index contributed by atoms with van der Waals surface area (Å²) in [6, 6.07) is 30.8. The minimum atomic E-state index is -1.00. The second-order valence-corrected chi connectivity index (χ2v) is 6.69. The number of benzene rings is 3. The molecule has 0 saturated heterocycles. The zero-order chi connectivity index (χ0) is 22.1. The van der Waals surface area contributed by atoms with Crippen molar-refractivity contribution < 1.29 is 9.90 Å². The van der Waals surface area contributed by atoms with Gasteiger partial charge in [0.15, 0.2) is 0 Å². The van der Waals surface area contributed by atoms with Crippen molar-refractivity contribution in [3.05, 3.63) is 132 Å². The van der Waals surface area contributed by atoms with E-state index in [1.165, 1.54) is 6.08 Å². The van der Waals surface area contributed by atoms with Crippen LogP contribution >= 0.6 is 0 Å². The predicted octanol–water partition coefficient (Wildman–Crippen LogP) is 5.85. The molecule has 0 atom stereocenters. The van der Waals surface area contributed by atoms with Crippen molar-refractivity contribution in [1.82, 2.24) is 9.55 Å². The van der Waals surface area contributed by atoms with E-state index in [4.69, 9.17) is 5.11 Å². The number of nitrogens with zero attached hydrogens (tertiary/aromatic N) is 2. The summed E-state index contributed by atoms with van der Waals surface area (Å²) in [6.07, 6.45) is 6.24. The molecule has 4 aromatic rings. The molecule has 31 heavy (non-hydrogen) atoms. The van der Waals surface area contributed by atoms with Crippen LogP contribution in [0.15, 0.2) is 110 Å². The third-order valence-corrected chi connectivity index (χ3v) is 4.96. The molecule has 3 aromatic carbocycles. The smallest absolute Gasteiger partial charge is 0.328 e. The van der Waals surface area contributed by atoms with E-state index in [9.17, 15) is 4.79 Å². The quantitative estimate of drug-likeness (QED) is 0.321. The number of carbonyl (C=O) groups is 1. The monoisotopic (exact) mass is 410 g/mol. The molecule has 0 saturated carbocycles. The number of imidazole rings is 1. The summed E-state index contributed by atoms with van der Waals surface area (Å²) in [4.78, 5) is 15.4. The maximum Gasteiger partial charge on any atom is 0.328 e. The fourth-order valence-electron chi connectivity index (χ4n) is 3.75. The van der Waals surface area contributed by atoms with Gasteiger partial charge in [-0.2, -0.15) is 0 Å². The molecule has 0 aliphatic carbocycles. The van der Waals surface area contributed by atoms with Crippen LogP contribution in [0.5, 0.6) is 0 Å². The van der Waals surface area contributed by atoms with Crippen LogP contribution in [-0.2, 0) is 10.3 Å². The molecule has 0 fully saturated rings. The third kappa shape index (κ3) is 4.48. The van der Waals surface area contributed by atoms with Crippen molar-refractivity contribution >= 4 is 12.0 Å². The SMILES string of the molecule is CC.O=C(O)/C=C/c1cn(C(c2ccccc2)(c2ccccc2)c2ccccc2)cn1. The number of aromatic nitrogens is 2. The van der Waals surface area contributed by atoms with Gasteiger partial charge < -0.3 is 9.67 Å². The molecular formula is C27H26N2O2. The summed E-state index contributed by atoms with van der Waals surface area (Å²) >= 11 is 0. The van der Waals surface area contributed by atoms with E-state index in [2.05, 4.69) is 45.9 Å². The van der Waals surface area contributed by atoms with Gasteiger partial charge in [0.1, 0.15) is 5.54 Å². The van der Waals surface area contributed by atoms with Crippen LogP contribution in [0.3, 0.4) is 0 Å². The second kappa shape index (κ2) is 10.2.